The third kappa shape index (κ3) is 8.36. The Balaban J connectivity index is 5.00. The fraction of sp³-hybridized carbons (Fsp3) is 0.840. The van der Waals surface area contributed by atoms with Gasteiger partial charge < -0.3 is 4.74 Å². The number of rotatable bonds is 15. The van der Waals surface area contributed by atoms with E-state index in [1.165, 1.54) is 13.8 Å². The topological polar surface area (TPSA) is 9.23 Å². The second-order valence-electron chi connectivity index (χ2n) is 9.96. The van der Waals surface area contributed by atoms with Gasteiger partial charge in [-0.1, -0.05) is 74.5 Å². The highest BCUT2D eigenvalue weighted by Gasteiger charge is 2.60. The molecule has 0 amide bonds. The molecule has 0 aromatic rings. The van der Waals surface area contributed by atoms with Crippen LogP contribution in [-0.2, 0) is 4.74 Å². The van der Waals surface area contributed by atoms with E-state index in [0.29, 0.717) is 24.7 Å². The molecule has 0 fully saturated rings. The van der Waals surface area contributed by atoms with Gasteiger partial charge >= 0.3 is 11.8 Å². The van der Waals surface area contributed by atoms with E-state index in [4.69, 9.17) is 4.74 Å². The SMILES string of the molecule is C=C(C(C)CCC(C)C)C(F)(F)C(F)(F)C(=C)C(C)COC(C)C(C)CCC(C)C. The first kappa shape index (κ1) is 29.2. The quantitative estimate of drug-likeness (QED) is 0.184. The molecular weight excluding hydrogens is 392 g/mol. The minimum Gasteiger partial charge on any atom is -0.378 e. The highest BCUT2D eigenvalue weighted by molar-refractivity contribution is 5.26. The zero-order valence-corrected chi connectivity index (χ0v) is 20.3. The fourth-order valence-corrected chi connectivity index (χ4v) is 3.17. The van der Waals surface area contributed by atoms with Crippen molar-refractivity contribution in [2.45, 2.75) is 99.0 Å². The molecule has 0 bridgehead atoms. The van der Waals surface area contributed by atoms with Gasteiger partial charge in [0.25, 0.3) is 0 Å². The minimum absolute atomic E-state index is 0.0624. The monoisotopic (exact) mass is 436 g/mol. The number of halogens is 4. The lowest BCUT2D eigenvalue weighted by Gasteiger charge is -2.34. The molecule has 4 unspecified atom stereocenters. The van der Waals surface area contributed by atoms with Crippen LogP contribution in [0.4, 0.5) is 17.6 Å². The Morgan fingerprint density at radius 1 is 0.667 bits per heavy atom. The van der Waals surface area contributed by atoms with E-state index in [1.807, 2.05) is 20.8 Å². The van der Waals surface area contributed by atoms with Crippen LogP contribution in [0.15, 0.2) is 24.3 Å². The average Bonchev–Trinajstić information content (AvgIpc) is 2.66. The Morgan fingerprint density at radius 3 is 1.50 bits per heavy atom. The van der Waals surface area contributed by atoms with Gasteiger partial charge in [0.05, 0.1) is 12.7 Å². The van der Waals surface area contributed by atoms with Crippen molar-refractivity contribution >= 4 is 0 Å². The smallest absolute Gasteiger partial charge is 0.335 e. The molecule has 5 heteroatoms. The third-order valence-electron chi connectivity index (χ3n) is 6.18. The van der Waals surface area contributed by atoms with Crippen molar-refractivity contribution in [2.75, 3.05) is 6.61 Å². The van der Waals surface area contributed by atoms with E-state index >= 15 is 0 Å². The Morgan fingerprint density at radius 2 is 1.07 bits per heavy atom. The predicted molar refractivity (Wildman–Crippen MR) is 119 cm³/mol. The molecule has 0 spiro atoms. The minimum atomic E-state index is -4.37. The maximum Gasteiger partial charge on any atom is 0.335 e. The molecule has 0 N–H and O–H groups in total. The molecule has 0 aromatic heterocycles. The molecule has 0 radical (unpaired) electrons. The molecule has 0 saturated heterocycles. The molecule has 0 aliphatic rings. The third-order valence-corrected chi connectivity index (χ3v) is 6.18. The Labute approximate surface area is 182 Å². The lowest BCUT2D eigenvalue weighted by molar-refractivity contribution is -0.170. The van der Waals surface area contributed by atoms with Crippen LogP contribution >= 0.6 is 0 Å². The first-order chi connectivity index (χ1) is 13.6. The Hall–Kier alpha value is -0.840. The molecule has 1 nitrogen and oxygen atoms in total. The molecule has 0 aliphatic heterocycles. The van der Waals surface area contributed by atoms with Crippen LogP contribution in [0.3, 0.4) is 0 Å². The lowest BCUT2D eigenvalue weighted by Crippen LogP contribution is -2.46. The largest absolute Gasteiger partial charge is 0.378 e. The van der Waals surface area contributed by atoms with Crippen LogP contribution < -0.4 is 0 Å². The summed E-state index contributed by atoms with van der Waals surface area (Å²) >= 11 is 0. The molecule has 0 aromatic carbocycles. The fourth-order valence-electron chi connectivity index (χ4n) is 3.17. The van der Waals surface area contributed by atoms with Gasteiger partial charge in [-0.2, -0.15) is 17.6 Å². The molecule has 4 atom stereocenters. The summed E-state index contributed by atoms with van der Waals surface area (Å²) in [4.78, 5) is 0. The maximum absolute atomic E-state index is 14.8. The van der Waals surface area contributed by atoms with Crippen molar-refractivity contribution in [2.24, 2.45) is 29.6 Å². The summed E-state index contributed by atoms with van der Waals surface area (Å²) in [7, 11) is 0. The molecule has 0 aliphatic carbocycles. The zero-order chi connectivity index (χ0) is 23.9. The van der Waals surface area contributed by atoms with Crippen LogP contribution in [0, 0.1) is 29.6 Å². The number of hydrogen-bond donors (Lipinski definition) is 0. The van der Waals surface area contributed by atoms with E-state index in [9.17, 15) is 17.6 Å². The van der Waals surface area contributed by atoms with Crippen molar-refractivity contribution in [3.63, 3.8) is 0 Å². The molecule has 30 heavy (non-hydrogen) atoms. The molecular formula is C25H44F4O. The van der Waals surface area contributed by atoms with Crippen LogP contribution in [0.2, 0.25) is 0 Å². The number of allylic oxidation sites excluding steroid dienone is 1. The molecule has 0 saturated carbocycles. The van der Waals surface area contributed by atoms with Gasteiger partial charge in [0.2, 0.25) is 0 Å². The van der Waals surface area contributed by atoms with E-state index in [-0.39, 0.29) is 18.6 Å². The lowest BCUT2D eigenvalue weighted by atomic mass is 9.83. The average molecular weight is 437 g/mol. The second-order valence-corrected chi connectivity index (χ2v) is 9.96. The van der Waals surface area contributed by atoms with E-state index in [2.05, 4.69) is 33.9 Å². The Bertz CT molecular complexity index is 539. The highest BCUT2D eigenvalue weighted by atomic mass is 19.3. The van der Waals surface area contributed by atoms with Crippen LogP contribution in [0.5, 0.6) is 0 Å². The highest BCUT2D eigenvalue weighted by Crippen LogP contribution is 2.48. The van der Waals surface area contributed by atoms with Crippen molar-refractivity contribution in [1.82, 2.24) is 0 Å². The normalized spacial score (nSPS) is 17.1. The van der Waals surface area contributed by atoms with E-state index in [0.717, 1.165) is 12.8 Å². The summed E-state index contributed by atoms with van der Waals surface area (Å²) in [5, 5.41) is 0. The summed E-state index contributed by atoms with van der Waals surface area (Å²) in [5.41, 5.74) is -1.52. The summed E-state index contributed by atoms with van der Waals surface area (Å²) in [5.74, 6) is -9.16. The van der Waals surface area contributed by atoms with Crippen LogP contribution in [0.25, 0.3) is 0 Å². The number of alkyl halides is 4. The molecule has 0 heterocycles. The van der Waals surface area contributed by atoms with Gasteiger partial charge in [-0.3, -0.25) is 0 Å². The van der Waals surface area contributed by atoms with Gasteiger partial charge in [0.1, 0.15) is 0 Å². The summed E-state index contributed by atoms with van der Waals surface area (Å²) < 4.78 is 64.8. The predicted octanol–water partition coefficient (Wildman–Crippen LogP) is 8.56. The van der Waals surface area contributed by atoms with Gasteiger partial charge in [0.15, 0.2) is 0 Å². The number of hydrogen-bond acceptors (Lipinski definition) is 1. The second kappa shape index (κ2) is 12.3. The maximum atomic E-state index is 14.8. The van der Waals surface area contributed by atoms with Gasteiger partial charge in [-0.05, 0) is 43.4 Å². The van der Waals surface area contributed by atoms with Crippen molar-refractivity contribution in [1.29, 1.82) is 0 Å². The van der Waals surface area contributed by atoms with Crippen LogP contribution in [0.1, 0.15) is 81.1 Å². The summed E-state index contributed by atoms with van der Waals surface area (Å²) in [6.07, 6.45) is 2.97. The first-order valence-corrected chi connectivity index (χ1v) is 11.3. The van der Waals surface area contributed by atoms with E-state index in [1.54, 1.807) is 0 Å². The van der Waals surface area contributed by atoms with Crippen molar-refractivity contribution < 1.29 is 22.3 Å². The summed E-state index contributed by atoms with van der Waals surface area (Å²) in [6.45, 7) is 21.8. The number of ether oxygens (including phenoxy) is 1. The van der Waals surface area contributed by atoms with Crippen LogP contribution in [-0.4, -0.2) is 24.6 Å². The standard InChI is InChI=1S/C25H44F4O/c1-16(2)11-13-18(5)21(8)24(26,27)25(28,29)22(9)20(7)15-30-23(10)19(6)14-12-17(3)4/h16-20,23H,8-9,11-15H2,1-7,10H3. The van der Waals surface area contributed by atoms with E-state index < -0.39 is 34.8 Å². The summed E-state index contributed by atoms with van der Waals surface area (Å²) in [6, 6.07) is 0. The zero-order valence-electron chi connectivity index (χ0n) is 20.3. The van der Waals surface area contributed by atoms with Crippen molar-refractivity contribution in [3.05, 3.63) is 24.3 Å². The van der Waals surface area contributed by atoms with Crippen molar-refractivity contribution in [3.8, 4) is 0 Å². The van der Waals surface area contributed by atoms with Gasteiger partial charge in [-0.15, -0.1) is 0 Å². The molecule has 0 rings (SSSR count). The van der Waals surface area contributed by atoms with Gasteiger partial charge in [0, 0.05) is 17.1 Å². The first-order valence-electron chi connectivity index (χ1n) is 11.3. The molecule has 178 valence electrons. The van der Waals surface area contributed by atoms with Gasteiger partial charge in [-0.25, -0.2) is 0 Å². The Kier molecular flexibility index (Phi) is 11.9.